The van der Waals surface area contributed by atoms with E-state index >= 15 is 0 Å². The maximum Gasteiger partial charge on any atom is 0.282 e. The van der Waals surface area contributed by atoms with Crippen molar-refractivity contribution in [3.05, 3.63) is 65.4 Å². The van der Waals surface area contributed by atoms with Crippen LogP contribution in [0.3, 0.4) is 0 Å². The first-order chi connectivity index (χ1) is 15.4. The van der Waals surface area contributed by atoms with Crippen LogP contribution in [-0.4, -0.2) is 48.6 Å². The highest BCUT2D eigenvalue weighted by Crippen LogP contribution is 2.37. The van der Waals surface area contributed by atoms with Crippen molar-refractivity contribution in [1.29, 1.82) is 0 Å². The van der Waals surface area contributed by atoms with Gasteiger partial charge in [0.05, 0.1) is 30.1 Å². The summed E-state index contributed by atoms with van der Waals surface area (Å²) in [5, 5.41) is 0. The molecule has 6 nitrogen and oxygen atoms in total. The third-order valence-electron chi connectivity index (χ3n) is 5.68. The van der Waals surface area contributed by atoms with Crippen molar-refractivity contribution < 1.29 is 19.1 Å². The monoisotopic (exact) mass is 434 g/mol. The van der Waals surface area contributed by atoms with Gasteiger partial charge in [-0.1, -0.05) is 42.8 Å². The Morgan fingerprint density at radius 3 is 2.34 bits per heavy atom. The summed E-state index contributed by atoms with van der Waals surface area (Å²) in [5.74, 6) is 0.0247. The molecule has 2 amide bonds. The lowest BCUT2D eigenvalue weighted by molar-refractivity contribution is -0.121. The van der Waals surface area contributed by atoms with Gasteiger partial charge in [-0.2, -0.15) is 0 Å². The second kappa shape index (κ2) is 9.17. The number of hydrogen-bond acceptors (Lipinski definition) is 5. The number of benzene rings is 2. The van der Waals surface area contributed by atoms with E-state index in [2.05, 4.69) is 0 Å². The number of amides is 2. The number of anilines is 1. The lowest BCUT2D eigenvalue weighted by atomic mass is 10.0. The van der Waals surface area contributed by atoms with Gasteiger partial charge in [0.15, 0.2) is 0 Å². The van der Waals surface area contributed by atoms with Crippen molar-refractivity contribution in [1.82, 2.24) is 4.90 Å². The van der Waals surface area contributed by atoms with Crippen molar-refractivity contribution in [2.24, 2.45) is 0 Å². The van der Waals surface area contributed by atoms with E-state index in [1.807, 2.05) is 69.0 Å². The zero-order valence-electron chi connectivity index (χ0n) is 19.1. The molecule has 168 valence electrons. The minimum Gasteiger partial charge on any atom is -0.494 e. The number of carbonyl (C=O) groups is 2. The molecule has 2 aliphatic rings. The van der Waals surface area contributed by atoms with Crippen LogP contribution in [0.1, 0.15) is 38.3 Å². The molecule has 1 saturated heterocycles. The molecule has 2 aliphatic heterocycles. The zero-order chi connectivity index (χ0) is 22.8. The predicted octanol–water partition coefficient (Wildman–Crippen LogP) is 4.18. The van der Waals surface area contributed by atoms with E-state index < -0.39 is 0 Å². The number of morpholine rings is 1. The normalized spacial score (nSPS) is 21.5. The Bertz CT molecular complexity index is 1030. The van der Waals surface area contributed by atoms with Gasteiger partial charge in [0.2, 0.25) is 0 Å². The van der Waals surface area contributed by atoms with Gasteiger partial charge in [-0.25, -0.2) is 4.90 Å². The van der Waals surface area contributed by atoms with Gasteiger partial charge in [-0.05, 0) is 44.9 Å². The Morgan fingerprint density at radius 2 is 1.69 bits per heavy atom. The number of hydrogen-bond donors (Lipinski definition) is 0. The Balaban J connectivity index is 1.77. The molecule has 0 N–H and O–H groups in total. The average Bonchev–Trinajstić information content (AvgIpc) is 3.02. The molecule has 0 aromatic heterocycles. The van der Waals surface area contributed by atoms with Crippen LogP contribution >= 0.6 is 0 Å². The van der Waals surface area contributed by atoms with Gasteiger partial charge in [0.25, 0.3) is 11.8 Å². The topological polar surface area (TPSA) is 59.1 Å². The van der Waals surface area contributed by atoms with Crippen molar-refractivity contribution in [3.8, 4) is 5.75 Å². The van der Waals surface area contributed by atoms with Crippen LogP contribution in [0, 0.1) is 6.92 Å². The predicted molar refractivity (Wildman–Crippen MR) is 124 cm³/mol. The van der Waals surface area contributed by atoms with Gasteiger partial charge in [0, 0.05) is 19.2 Å². The van der Waals surface area contributed by atoms with E-state index in [4.69, 9.17) is 9.47 Å². The van der Waals surface area contributed by atoms with E-state index in [9.17, 15) is 9.59 Å². The molecule has 2 unspecified atom stereocenters. The van der Waals surface area contributed by atoms with E-state index in [1.165, 1.54) is 4.90 Å². The molecule has 2 heterocycles. The van der Waals surface area contributed by atoms with E-state index in [1.54, 1.807) is 12.1 Å². The van der Waals surface area contributed by atoms with Crippen LogP contribution in [0.4, 0.5) is 5.69 Å². The first-order valence-electron chi connectivity index (χ1n) is 11.2. The molecule has 4 rings (SSSR count). The molecule has 2 aromatic carbocycles. The van der Waals surface area contributed by atoms with Crippen LogP contribution in [0.5, 0.6) is 5.75 Å². The Morgan fingerprint density at radius 1 is 1.00 bits per heavy atom. The molecular formula is C26H30N2O4. The van der Waals surface area contributed by atoms with Crippen molar-refractivity contribution >= 4 is 23.1 Å². The third kappa shape index (κ3) is 4.28. The van der Waals surface area contributed by atoms with Crippen LogP contribution in [-0.2, 0) is 14.3 Å². The Kier molecular flexibility index (Phi) is 6.33. The minimum atomic E-state index is -0.312. The largest absolute Gasteiger partial charge is 0.494 e. The van der Waals surface area contributed by atoms with Gasteiger partial charge < -0.3 is 14.4 Å². The SMILES string of the molecule is CCCOc1cccc(N2C(=O)C(c3ccc(C)cc3)=C(N3CC(C)OC(C)C3)C2=O)c1. The van der Waals surface area contributed by atoms with E-state index in [0.29, 0.717) is 42.4 Å². The maximum absolute atomic E-state index is 13.7. The Hall–Kier alpha value is -3.12. The molecule has 1 fully saturated rings. The number of aryl methyl sites for hydroxylation is 1. The Labute approximate surface area is 189 Å². The van der Waals surface area contributed by atoms with Crippen molar-refractivity contribution in [3.63, 3.8) is 0 Å². The number of ether oxygens (including phenoxy) is 2. The summed E-state index contributed by atoms with van der Waals surface area (Å²) in [4.78, 5) is 30.7. The van der Waals surface area contributed by atoms with E-state index in [-0.39, 0.29) is 24.0 Å². The van der Waals surface area contributed by atoms with Crippen molar-refractivity contribution in [2.45, 2.75) is 46.3 Å². The summed E-state index contributed by atoms with van der Waals surface area (Å²) in [6.45, 7) is 9.70. The second-order valence-electron chi connectivity index (χ2n) is 8.54. The van der Waals surface area contributed by atoms with Gasteiger partial charge >= 0.3 is 0 Å². The number of rotatable bonds is 6. The third-order valence-corrected chi connectivity index (χ3v) is 5.68. The summed E-state index contributed by atoms with van der Waals surface area (Å²) < 4.78 is 11.6. The maximum atomic E-state index is 13.7. The molecule has 0 radical (unpaired) electrons. The molecule has 32 heavy (non-hydrogen) atoms. The van der Waals surface area contributed by atoms with Crippen LogP contribution in [0.25, 0.3) is 5.57 Å². The molecule has 0 aliphatic carbocycles. The first kappa shape index (κ1) is 22.1. The molecule has 0 bridgehead atoms. The first-order valence-corrected chi connectivity index (χ1v) is 11.2. The standard InChI is InChI=1S/C26H30N2O4/c1-5-13-31-22-8-6-7-21(14-22)28-25(29)23(20-11-9-17(2)10-12-20)24(26(28)30)27-15-18(3)32-19(4)16-27/h6-12,14,18-19H,5,13,15-16H2,1-4H3. The molecule has 0 saturated carbocycles. The molecule has 6 heteroatoms. The van der Waals surface area contributed by atoms with Crippen LogP contribution < -0.4 is 9.64 Å². The van der Waals surface area contributed by atoms with Crippen molar-refractivity contribution in [2.75, 3.05) is 24.6 Å². The summed E-state index contributed by atoms with van der Waals surface area (Å²) in [5.41, 5.74) is 3.25. The average molecular weight is 435 g/mol. The van der Waals surface area contributed by atoms with Gasteiger partial charge in [0.1, 0.15) is 11.4 Å². The molecule has 0 spiro atoms. The number of imide groups is 1. The minimum absolute atomic E-state index is 0.0340. The fourth-order valence-electron chi connectivity index (χ4n) is 4.32. The summed E-state index contributed by atoms with van der Waals surface area (Å²) in [6.07, 6.45) is 0.809. The summed E-state index contributed by atoms with van der Waals surface area (Å²) >= 11 is 0. The lowest BCUT2D eigenvalue weighted by Gasteiger charge is -2.37. The highest BCUT2D eigenvalue weighted by molar-refractivity contribution is 6.45. The van der Waals surface area contributed by atoms with Gasteiger partial charge in [-0.15, -0.1) is 0 Å². The quantitative estimate of drug-likeness (QED) is 0.639. The van der Waals surface area contributed by atoms with E-state index in [0.717, 1.165) is 17.5 Å². The van der Waals surface area contributed by atoms with Crippen LogP contribution in [0.15, 0.2) is 54.2 Å². The second-order valence-corrected chi connectivity index (χ2v) is 8.54. The summed E-state index contributed by atoms with van der Waals surface area (Å²) in [6, 6.07) is 14.9. The molecule has 2 atom stereocenters. The van der Waals surface area contributed by atoms with Gasteiger partial charge in [-0.3, -0.25) is 9.59 Å². The van der Waals surface area contributed by atoms with Crippen LogP contribution in [0.2, 0.25) is 0 Å². The lowest BCUT2D eigenvalue weighted by Crippen LogP contribution is -2.47. The fraction of sp³-hybridized carbons (Fsp3) is 0.385. The smallest absolute Gasteiger partial charge is 0.282 e. The number of carbonyl (C=O) groups excluding carboxylic acids is 2. The summed E-state index contributed by atoms with van der Waals surface area (Å²) in [7, 11) is 0. The highest BCUT2D eigenvalue weighted by Gasteiger charge is 2.44. The highest BCUT2D eigenvalue weighted by atomic mass is 16.5. The molecular weight excluding hydrogens is 404 g/mol. The zero-order valence-corrected chi connectivity index (χ0v) is 19.1. The fourth-order valence-corrected chi connectivity index (χ4v) is 4.32. The number of nitrogens with zero attached hydrogens (tertiary/aromatic N) is 2. The molecule has 2 aromatic rings.